The lowest BCUT2D eigenvalue weighted by molar-refractivity contribution is -0.136. The van der Waals surface area contributed by atoms with Crippen LogP contribution in [0.5, 0.6) is 0 Å². The molecular weight excluding hydrogens is 284 g/mol. The zero-order valence-electron chi connectivity index (χ0n) is 15.1. The second kappa shape index (κ2) is 4.42. The van der Waals surface area contributed by atoms with Crippen molar-refractivity contribution in [2.45, 2.75) is 89.8 Å². The second-order valence-corrected chi connectivity index (χ2v) is 10.0. The van der Waals surface area contributed by atoms with Crippen molar-refractivity contribution in [1.29, 1.82) is 0 Å². The molecular formula is C21H32O2. The lowest BCUT2D eigenvalue weighted by Gasteiger charge is -2.57. The summed E-state index contributed by atoms with van der Waals surface area (Å²) < 4.78 is 6.57. The Labute approximate surface area is 140 Å². The standard InChI is InChI=1S/C21H32O2/c1-13(2)20-10-8-18-16-5-4-14-12-15(22)6-9-19(14,3)17(16)7-11-21(18,20)23-20/h13-14,16-18H,4-12H2,1-3H3/t14-,16+,17-,18-,19-,20+,21?/m0/s1. The van der Waals surface area contributed by atoms with Crippen LogP contribution in [0, 0.1) is 35.0 Å². The van der Waals surface area contributed by atoms with Gasteiger partial charge in [0.1, 0.15) is 17.0 Å². The second-order valence-electron chi connectivity index (χ2n) is 10.0. The van der Waals surface area contributed by atoms with Gasteiger partial charge in [-0.15, -0.1) is 0 Å². The summed E-state index contributed by atoms with van der Waals surface area (Å²) in [6, 6.07) is 0. The molecule has 2 heteroatoms. The Morgan fingerprint density at radius 3 is 2.57 bits per heavy atom. The molecule has 0 aromatic carbocycles. The number of rotatable bonds is 1. The molecule has 4 aliphatic carbocycles. The van der Waals surface area contributed by atoms with Gasteiger partial charge < -0.3 is 4.74 Å². The third-order valence-electron chi connectivity index (χ3n) is 9.30. The van der Waals surface area contributed by atoms with Gasteiger partial charge in [-0.05, 0) is 80.0 Å². The van der Waals surface area contributed by atoms with Crippen LogP contribution in [0.25, 0.3) is 0 Å². The molecule has 0 N–H and O–H groups in total. The van der Waals surface area contributed by atoms with Crippen LogP contribution in [-0.2, 0) is 9.53 Å². The van der Waals surface area contributed by atoms with Crippen molar-refractivity contribution < 1.29 is 9.53 Å². The number of hydrogen-bond donors (Lipinski definition) is 0. The SMILES string of the molecule is CC(C)[C@]12CC[C@H]3[C@@H]4CC[C@H]5CC(=O)CC[C@]5(C)[C@H]4CCC31O2. The lowest BCUT2D eigenvalue weighted by Crippen LogP contribution is -2.53. The van der Waals surface area contributed by atoms with E-state index in [0.717, 1.165) is 37.0 Å². The summed E-state index contributed by atoms with van der Waals surface area (Å²) >= 11 is 0. The maximum atomic E-state index is 12.0. The minimum atomic E-state index is 0.239. The summed E-state index contributed by atoms with van der Waals surface area (Å²) in [7, 11) is 0. The monoisotopic (exact) mass is 316 g/mol. The molecule has 5 fully saturated rings. The largest absolute Gasteiger partial charge is 0.362 e. The predicted molar refractivity (Wildman–Crippen MR) is 90.0 cm³/mol. The van der Waals surface area contributed by atoms with E-state index < -0.39 is 0 Å². The van der Waals surface area contributed by atoms with Crippen molar-refractivity contribution in [3.8, 4) is 0 Å². The quantitative estimate of drug-likeness (QED) is 0.653. The first-order chi connectivity index (χ1) is 10.9. The van der Waals surface area contributed by atoms with Gasteiger partial charge in [-0.25, -0.2) is 0 Å². The van der Waals surface area contributed by atoms with Crippen LogP contribution in [0.15, 0.2) is 0 Å². The highest BCUT2D eigenvalue weighted by molar-refractivity contribution is 5.79. The molecule has 2 nitrogen and oxygen atoms in total. The van der Waals surface area contributed by atoms with Gasteiger partial charge in [0.05, 0.1) is 0 Å². The number of fused-ring (bicyclic) bond motifs is 4. The number of epoxide rings is 1. The third-order valence-corrected chi connectivity index (χ3v) is 9.30. The molecule has 1 aliphatic heterocycles. The highest BCUT2D eigenvalue weighted by Gasteiger charge is 2.79. The van der Waals surface area contributed by atoms with E-state index in [-0.39, 0.29) is 11.2 Å². The van der Waals surface area contributed by atoms with Crippen LogP contribution < -0.4 is 0 Å². The minimum absolute atomic E-state index is 0.239. The molecule has 0 aromatic heterocycles. The normalized spacial score (nSPS) is 57.5. The van der Waals surface area contributed by atoms with Crippen molar-refractivity contribution in [1.82, 2.24) is 0 Å². The zero-order chi connectivity index (χ0) is 16.0. The van der Waals surface area contributed by atoms with Gasteiger partial charge in [0.2, 0.25) is 0 Å². The molecule has 7 atom stereocenters. The summed E-state index contributed by atoms with van der Waals surface area (Å²) in [6.07, 6.45) is 10.9. The number of ketones is 1. The average molecular weight is 316 g/mol. The molecule has 128 valence electrons. The van der Waals surface area contributed by atoms with Crippen molar-refractivity contribution in [3.63, 3.8) is 0 Å². The predicted octanol–water partition coefficient (Wildman–Crippen LogP) is 4.76. The van der Waals surface area contributed by atoms with Crippen molar-refractivity contribution in [3.05, 3.63) is 0 Å². The molecule has 1 heterocycles. The molecule has 23 heavy (non-hydrogen) atoms. The molecule has 5 aliphatic rings. The summed E-state index contributed by atoms with van der Waals surface area (Å²) in [5.74, 6) is 4.43. The van der Waals surface area contributed by atoms with Crippen LogP contribution in [0.4, 0.5) is 0 Å². The Kier molecular flexibility index (Phi) is 2.87. The van der Waals surface area contributed by atoms with Gasteiger partial charge in [-0.3, -0.25) is 4.79 Å². The number of ether oxygens (including phenoxy) is 1. The molecule has 1 unspecified atom stereocenters. The summed E-state index contributed by atoms with van der Waals surface area (Å²) in [5.41, 5.74) is 0.940. The maximum Gasteiger partial charge on any atom is 0.133 e. The zero-order valence-corrected chi connectivity index (χ0v) is 15.1. The Hall–Kier alpha value is -0.370. The molecule has 0 bridgehead atoms. The minimum Gasteiger partial charge on any atom is -0.362 e. The molecule has 0 amide bonds. The van der Waals surface area contributed by atoms with E-state index in [1.54, 1.807) is 0 Å². The number of carbonyl (C=O) groups is 1. The van der Waals surface area contributed by atoms with E-state index in [0.29, 0.717) is 23.0 Å². The fraction of sp³-hybridized carbons (Fsp3) is 0.952. The van der Waals surface area contributed by atoms with E-state index in [9.17, 15) is 4.79 Å². The molecule has 1 spiro atoms. The molecule has 0 aromatic rings. The first-order valence-corrected chi connectivity index (χ1v) is 10.1. The van der Waals surface area contributed by atoms with Crippen LogP contribution in [0.1, 0.15) is 78.6 Å². The van der Waals surface area contributed by atoms with Crippen molar-refractivity contribution in [2.75, 3.05) is 0 Å². The number of Topliss-reactive ketones (excluding diaryl/α,β-unsaturated/α-hetero) is 1. The van der Waals surface area contributed by atoms with E-state index in [2.05, 4.69) is 20.8 Å². The number of hydrogen-bond acceptors (Lipinski definition) is 2. The van der Waals surface area contributed by atoms with Crippen LogP contribution in [0.2, 0.25) is 0 Å². The maximum absolute atomic E-state index is 12.0. The van der Waals surface area contributed by atoms with Gasteiger partial charge in [-0.2, -0.15) is 0 Å². The van der Waals surface area contributed by atoms with E-state index in [1.807, 2.05) is 0 Å². The van der Waals surface area contributed by atoms with E-state index in [1.165, 1.54) is 38.5 Å². The van der Waals surface area contributed by atoms with Crippen molar-refractivity contribution in [2.24, 2.45) is 35.0 Å². The summed E-state index contributed by atoms with van der Waals surface area (Å²) in [6.45, 7) is 7.28. The highest BCUT2D eigenvalue weighted by Crippen LogP contribution is 2.75. The fourth-order valence-electron chi connectivity index (χ4n) is 8.08. The van der Waals surface area contributed by atoms with Crippen LogP contribution in [0.3, 0.4) is 0 Å². The van der Waals surface area contributed by atoms with Gasteiger partial charge in [0.25, 0.3) is 0 Å². The average Bonchev–Trinajstić information content (AvgIpc) is 3.05. The Morgan fingerprint density at radius 1 is 1.04 bits per heavy atom. The van der Waals surface area contributed by atoms with Crippen molar-refractivity contribution >= 4 is 5.78 Å². The molecule has 5 rings (SSSR count). The van der Waals surface area contributed by atoms with E-state index >= 15 is 0 Å². The Balaban J connectivity index is 1.45. The topological polar surface area (TPSA) is 29.6 Å². The molecule has 1 saturated heterocycles. The van der Waals surface area contributed by atoms with Gasteiger partial charge in [0, 0.05) is 12.8 Å². The van der Waals surface area contributed by atoms with Gasteiger partial charge >= 0.3 is 0 Å². The van der Waals surface area contributed by atoms with Crippen LogP contribution >= 0.6 is 0 Å². The fourth-order valence-corrected chi connectivity index (χ4v) is 8.08. The highest BCUT2D eigenvalue weighted by atomic mass is 16.6. The van der Waals surface area contributed by atoms with Gasteiger partial charge in [-0.1, -0.05) is 20.8 Å². The Bertz CT molecular complexity index is 554. The third kappa shape index (κ3) is 1.62. The molecule has 0 radical (unpaired) electrons. The van der Waals surface area contributed by atoms with Crippen LogP contribution in [-0.4, -0.2) is 17.0 Å². The first-order valence-electron chi connectivity index (χ1n) is 10.1. The van der Waals surface area contributed by atoms with E-state index in [4.69, 9.17) is 4.74 Å². The smallest absolute Gasteiger partial charge is 0.133 e. The number of carbonyl (C=O) groups excluding carboxylic acids is 1. The summed E-state index contributed by atoms with van der Waals surface area (Å²) in [4.78, 5) is 12.0. The van der Waals surface area contributed by atoms with Gasteiger partial charge in [0.15, 0.2) is 0 Å². The summed E-state index contributed by atoms with van der Waals surface area (Å²) in [5, 5.41) is 0. The first kappa shape index (κ1) is 14.9. The lowest BCUT2D eigenvalue weighted by atomic mass is 9.46. The Morgan fingerprint density at radius 2 is 1.83 bits per heavy atom. The molecule has 4 saturated carbocycles.